The summed E-state index contributed by atoms with van der Waals surface area (Å²) in [7, 11) is 0. The second-order valence-corrected chi connectivity index (χ2v) is 5.13. The van der Waals surface area contributed by atoms with E-state index in [1.54, 1.807) is 0 Å². The Morgan fingerprint density at radius 1 is 1.00 bits per heavy atom. The van der Waals surface area contributed by atoms with Crippen molar-refractivity contribution in [1.29, 1.82) is 0 Å². The molecule has 2 N–H and O–H groups in total. The van der Waals surface area contributed by atoms with Crippen molar-refractivity contribution in [2.75, 3.05) is 6.61 Å². The maximum absolute atomic E-state index is 10.2. The van der Waals surface area contributed by atoms with E-state index in [0.29, 0.717) is 18.4 Å². The second kappa shape index (κ2) is 15.5. The third-order valence-corrected chi connectivity index (χ3v) is 3.16. The first-order chi connectivity index (χ1) is 8.36. The van der Waals surface area contributed by atoms with Crippen molar-refractivity contribution >= 4 is 0 Å². The van der Waals surface area contributed by atoms with Crippen LogP contribution in [0.25, 0.3) is 0 Å². The first-order valence-electron chi connectivity index (χ1n) is 6.90. The summed E-state index contributed by atoms with van der Waals surface area (Å²) in [5, 5.41) is 18.2. The van der Waals surface area contributed by atoms with E-state index in [0.717, 1.165) is 46.1 Å². The number of rotatable bonds is 6. The van der Waals surface area contributed by atoms with Crippen LogP contribution in [0, 0.1) is 11.8 Å². The molecule has 0 aliphatic carbocycles. The van der Waals surface area contributed by atoms with Crippen LogP contribution in [-0.4, -0.2) is 22.4 Å². The number of hydrogen-bond donors (Lipinski definition) is 2. The summed E-state index contributed by atoms with van der Waals surface area (Å²) in [6.45, 7) is 12.9. The second-order valence-electron chi connectivity index (χ2n) is 5.13. The van der Waals surface area contributed by atoms with E-state index in [9.17, 15) is 5.11 Å². The Kier molecular flexibility index (Phi) is 20.2. The first-order valence-corrected chi connectivity index (χ1v) is 7.54. The fourth-order valence-electron chi connectivity index (χ4n) is 1.80. The van der Waals surface area contributed by atoms with Crippen molar-refractivity contribution in [2.24, 2.45) is 11.8 Å². The third kappa shape index (κ3) is 11.5. The van der Waals surface area contributed by atoms with Gasteiger partial charge in [-0.25, -0.2) is 0 Å². The Morgan fingerprint density at radius 3 is 1.44 bits per heavy atom. The number of unbranched alkanes of at least 4 members (excludes halogenated alkanes) is 1. The van der Waals surface area contributed by atoms with Gasteiger partial charge >= 0.3 is 23.7 Å². The summed E-state index contributed by atoms with van der Waals surface area (Å²) < 4.78 is 8.25. The van der Waals surface area contributed by atoms with Crippen molar-refractivity contribution in [3.63, 3.8) is 0 Å². The molecule has 0 aromatic carbocycles. The summed E-state index contributed by atoms with van der Waals surface area (Å²) in [6.07, 6.45) is 4.02. The van der Waals surface area contributed by atoms with Gasteiger partial charge in [0.05, 0.1) is 5.60 Å². The normalized spacial score (nSPS) is 10.5. The van der Waals surface area contributed by atoms with Gasteiger partial charge in [-0.1, -0.05) is 54.4 Å². The predicted octanol–water partition coefficient (Wildman–Crippen LogP) is 3.49. The molecule has 0 aliphatic rings. The van der Waals surface area contributed by atoms with E-state index in [1.807, 2.05) is 0 Å². The summed E-state index contributed by atoms with van der Waals surface area (Å²) in [5.41, 5.74) is -0.450. The molecule has 0 atom stereocenters. The Labute approximate surface area is 125 Å². The van der Waals surface area contributed by atoms with Gasteiger partial charge in [-0.05, 0) is 24.7 Å². The molecule has 0 amide bonds. The molecule has 0 aromatic rings. The molecule has 110 valence electrons. The molecule has 0 aliphatic heterocycles. The molecule has 3 nitrogen and oxygen atoms in total. The molecule has 0 unspecified atom stereocenters. The van der Waals surface area contributed by atoms with Crippen molar-refractivity contribution < 1.29 is 33.9 Å². The minimum atomic E-state index is -0.450. The quantitative estimate of drug-likeness (QED) is 0.738. The fourth-order valence-corrected chi connectivity index (χ4v) is 1.80. The Morgan fingerprint density at radius 2 is 1.39 bits per heavy atom. The summed E-state index contributed by atoms with van der Waals surface area (Å²) >= 11 is 0.750. The SMILES string of the molecule is CCCC(O)(C(C)C)C(C)C.CCCCO.[O]=[Ti]. The zero-order valence-electron chi connectivity index (χ0n) is 13.0. The molecule has 0 aromatic heterocycles. The third-order valence-electron chi connectivity index (χ3n) is 3.16. The Bertz CT molecular complexity index is 151. The predicted molar refractivity (Wildman–Crippen MR) is 72.2 cm³/mol. The molecule has 4 heteroatoms. The minimum absolute atomic E-state index is 0.344. The maximum atomic E-state index is 10.2. The standard InChI is InChI=1S/C10H22O.C4H10O.O.Ti/c1-6-7-10(11,8(2)3)9(4)5;1-2-3-4-5;;/h8-9,11H,6-7H2,1-5H3;5H,2-4H2,1H3;;. The first kappa shape index (κ1) is 23.5. The van der Waals surface area contributed by atoms with Crippen LogP contribution in [0.3, 0.4) is 0 Å². The molecule has 0 saturated heterocycles. The molecule has 0 saturated carbocycles. The van der Waals surface area contributed by atoms with Gasteiger partial charge in [0.15, 0.2) is 0 Å². The molecule has 0 heterocycles. The molecule has 18 heavy (non-hydrogen) atoms. The summed E-state index contributed by atoms with van der Waals surface area (Å²) in [5.74, 6) is 0.727. The van der Waals surface area contributed by atoms with Crippen molar-refractivity contribution in [2.45, 2.75) is 72.8 Å². The van der Waals surface area contributed by atoms with Crippen LogP contribution in [0.2, 0.25) is 0 Å². The van der Waals surface area contributed by atoms with E-state index >= 15 is 0 Å². The van der Waals surface area contributed by atoms with Gasteiger partial charge in [-0.15, -0.1) is 0 Å². The molecule has 0 fully saturated rings. The van der Waals surface area contributed by atoms with Gasteiger partial charge < -0.3 is 10.2 Å². The molecular weight excluding hydrogens is 264 g/mol. The number of hydrogen-bond acceptors (Lipinski definition) is 3. The summed E-state index contributed by atoms with van der Waals surface area (Å²) in [6, 6.07) is 0. The number of aliphatic hydroxyl groups excluding tert-OH is 1. The fraction of sp³-hybridized carbons (Fsp3) is 1.00. The van der Waals surface area contributed by atoms with E-state index in [-0.39, 0.29) is 0 Å². The van der Waals surface area contributed by atoms with Crippen LogP contribution in [0.1, 0.15) is 67.2 Å². The molecule has 0 spiro atoms. The van der Waals surface area contributed by atoms with E-state index in [2.05, 4.69) is 41.5 Å². The Hall–Kier alpha value is 0.434. The number of aliphatic hydroxyl groups is 2. The van der Waals surface area contributed by atoms with Gasteiger partial charge in [0.25, 0.3) is 0 Å². The van der Waals surface area contributed by atoms with E-state index in [1.165, 1.54) is 0 Å². The van der Waals surface area contributed by atoms with Gasteiger partial charge in [0.1, 0.15) is 0 Å². The van der Waals surface area contributed by atoms with Crippen LogP contribution < -0.4 is 0 Å². The van der Waals surface area contributed by atoms with Crippen LogP contribution >= 0.6 is 0 Å². The molecule has 0 radical (unpaired) electrons. The van der Waals surface area contributed by atoms with Crippen molar-refractivity contribution in [1.82, 2.24) is 0 Å². The van der Waals surface area contributed by atoms with Crippen LogP contribution in [-0.2, 0) is 23.7 Å². The molecule has 0 bridgehead atoms. The molecule has 0 rings (SSSR count). The van der Waals surface area contributed by atoms with Gasteiger partial charge in [0, 0.05) is 6.61 Å². The van der Waals surface area contributed by atoms with Gasteiger partial charge in [0.2, 0.25) is 0 Å². The monoisotopic (exact) mass is 296 g/mol. The zero-order valence-corrected chi connectivity index (χ0v) is 14.6. The van der Waals surface area contributed by atoms with E-state index in [4.69, 9.17) is 8.43 Å². The van der Waals surface area contributed by atoms with E-state index < -0.39 is 5.60 Å². The summed E-state index contributed by atoms with van der Waals surface area (Å²) in [4.78, 5) is 0. The zero-order chi connectivity index (χ0) is 15.2. The van der Waals surface area contributed by atoms with Crippen molar-refractivity contribution in [3.8, 4) is 0 Å². The van der Waals surface area contributed by atoms with Gasteiger partial charge in [-0.2, -0.15) is 0 Å². The van der Waals surface area contributed by atoms with Crippen LogP contribution in [0.15, 0.2) is 0 Å². The molecular formula is C14H32O3Ti. The van der Waals surface area contributed by atoms with Gasteiger partial charge in [-0.3, -0.25) is 0 Å². The van der Waals surface area contributed by atoms with Crippen LogP contribution in [0.4, 0.5) is 0 Å². The average Bonchev–Trinajstić information content (AvgIpc) is 2.33. The van der Waals surface area contributed by atoms with Crippen LogP contribution in [0.5, 0.6) is 0 Å². The Balaban J connectivity index is -0.000000270. The topological polar surface area (TPSA) is 57.5 Å². The van der Waals surface area contributed by atoms with Crippen molar-refractivity contribution in [3.05, 3.63) is 0 Å². The average molecular weight is 296 g/mol.